The molecule has 3 rings (SSSR count). The number of benzene rings is 1. The summed E-state index contributed by atoms with van der Waals surface area (Å²) in [5, 5.41) is 4.47. The van der Waals surface area contributed by atoms with Gasteiger partial charge in [-0.15, -0.1) is 0 Å². The van der Waals surface area contributed by atoms with Crippen LogP contribution in [0.1, 0.15) is 0 Å². The van der Waals surface area contributed by atoms with Crippen LogP contribution in [0.3, 0.4) is 0 Å². The lowest BCUT2D eigenvalue weighted by molar-refractivity contribution is 0.416. The number of methoxy groups -OCH3 is 1. The molecule has 0 fully saturated rings. The average Bonchev–Trinajstić information content (AvgIpc) is 3.04. The van der Waals surface area contributed by atoms with E-state index in [1.807, 2.05) is 36.4 Å². The van der Waals surface area contributed by atoms with Gasteiger partial charge in [0.05, 0.1) is 12.7 Å². The fourth-order valence-corrected chi connectivity index (χ4v) is 2.57. The van der Waals surface area contributed by atoms with E-state index in [1.165, 1.54) is 0 Å². The van der Waals surface area contributed by atoms with Gasteiger partial charge in [0.1, 0.15) is 17.3 Å². The lowest BCUT2D eigenvalue weighted by Gasteiger charge is -2.08. The van der Waals surface area contributed by atoms with Gasteiger partial charge in [0.25, 0.3) is 0 Å². The van der Waals surface area contributed by atoms with Crippen molar-refractivity contribution in [2.45, 2.75) is 0 Å². The highest BCUT2D eigenvalue weighted by Gasteiger charge is 2.22. The van der Waals surface area contributed by atoms with Crippen LogP contribution in [-0.2, 0) is 7.05 Å². The average molecular weight is 348 g/mol. The first-order chi connectivity index (χ1) is 10.1. The topological polar surface area (TPSA) is 66.2 Å². The number of hydrogen-bond donors (Lipinski definition) is 1. The van der Waals surface area contributed by atoms with Crippen molar-refractivity contribution in [1.82, 2.24) is 9.78 Å². The minimum absolute atomic E-state index is 0.557. The Balaban J connectivity index is 2.27. The number of hydrogen-bond acceptors (Lipinski definition) is 4. The molecule has 0 radical (unpaired) electrons. The fourth-order valence-electron chi connectivity index (χ4n) is 2.27. The van der Waals surface area contributed by atoms with E-state index in [2.05, 4.69) is 21.0 Å². The number of furan rings is 1. The minimum atomic E-state index is 0.557. The second kappa shape index (κ2) is 5.29. The third kappa shape index (κ3) is 2.31. The van der Waals surface area contributed by atoms with Crippen LogP contribution in [0.5, 0.6) is 5.75 Å². The van der Waals surface area contributed by atoms with Crippen LogP contribution < -0.4 is 10.5 Å². The van der Waals surface area contributed by atoms with E-state index < -0.39 is 0 Å². The number of nitrogens with two attached hydrogens (primary N) is 1. The summed E-state index contributed by atoms with van der Waals surface area (Å²) < 4.78 is 13.3. The fraction of sp³-hybridized carbons (Fsp3) is 0.133. The van der Waals surface area contributed by atoms with Crippen molar-refractivity contribution in [2.24, 2.45) is 7.05 Å². The Morgan fingerprint density at radius 3 is 2.67 bits per heavy atom. The zero-order valence-corrected chi connectivity index (χ0v) is 13.2. The summed E-state index contributed by atoms with van der Waals surface area (Å²) in [6, 6.07) is 11.4. The molecule has 0 aliphatic rings. The van der Waals surface area contributed by atoms with Crippen molar-refractivity contribution >= 4 is 21.7 Å². The van der Waals surface area contributed by atoms with E-state index in [4.69, 9.17) is 14.9 Å². The van der Waals surface area contributed by atoms with Crippen LogP contribution in [0.15, 0.2) is 45.5 Å². The molecule has 108 valence electrons. The number of nitrogen functional groups attached to an aromatic ring is 1. The first-order valence-corrected chi connectivity index (χ1v) is 7.12. The lowest BCUT2D eigenvalue weighted by atomic mass is 10.0. The third-order valence-corrected chi connectivity index (χ3v) is 3.70. The molecule has 0 saturated carbocycles. The molecule has 2 N–H and O–H groups in total. The van der Waals surface area contributed by atoms with Crippen LogP contribution >= 0.6 is 15.9 Å². The van der Waals surface area contributed by atoms with E-state index in [1.54, 1.807) is 18.8 Å². The number of halogens is 1. The zero-order valence-electron chi connectivity index (χ0n) is 11.6. The van der Waals surface area contributed by atoms with Crippen molar-refractivity contribution in [3.8, 4) is 28.3 Å². The molecule has 21 heavy (non-hydrogen) atoms. The molecule has 2 heterocycles. The summed E-state index contributed by atoms with van der Waals surface area (Å²) in [6.45, 7) is 0. The van der Waals surface area contributed by atoms with Gasteiger partial charge in [-0.2, -0.15) is 5.10 Å². The van der Waals surface area contributed by atoms with Gasteiger partial charge >= 0.3 is 0 Å². The van der Waals surface area contributed by atoms with Crippen LogP contribution in [0.2, 0.25) is 0 Å². The SMILES string of the molecule is COc1ccccc1-c1c(-c2ccc(Br)o2)nn(C)c1N. The van der Waals surface area contributed by atoms with E-state index in [9.17, 15) is 0 Å². The van der Waals surface area contributed by atoms with Crippen molar-refractivity contribution < 1.29 is 9.15 Å². The van der Waals surface area contributed by atoms with Gasteiger partial charge in [-0.1, -0.05) is 18.2 Å². The quantitative estimate of drug-likeness (QED) is 0.784. The van der Waals surface area contributed by atoms with E-state index in [0.29, 0.717) is 21.9 Å². The standard InChI is InChI=1S/C15H14BrN3O2/c1-19-15(17)13(9-5-3-4-6-10(9)20-2)14(18-19)11-7-8-12(16)21-11/h3-8H,17H2,1-2H3. The number of aryl methyl sites for hydroxylation is 1. The van der Waals surface area contributed by atoms with Gasteiger partial charge < -0.3 is 14.9 Å². The molecule has 6 heteroatoms. The van der Waals surface area contributed by atoms with Gasteiger partial charge in [0, 0.05) is 12.6 Å². The van der Waals surface area contributed by atoms with E-state index in [-0.39, 0.29) is 0 Å². The molecule has 5 nitrogen and oxygen atoms in total. The monoisotopic (exact) mass is 347 g/mol. The smallest absolute Gasteiger partial charge is 0.169 e. The van der Waals surface area contributed by atoms with Crippen molar-refractivity contribution in [3.63, 3.8) is 0 Å². The van der Waals surface area contributed by atoms with E-state index in [0.717, 1.165) is 16.9 Å². The Morgan fingerprint density at radius 1 is 1.24 bits per heavy atom. The van der Waals surface area contributed by atoms with Crippen LogP contribution in [0, 0.1) is 0 Å². The molecule has 0 aliphatic heterocycles. The number of para-hydroxylation sites is 1. The normalized spacial score (nSPS) is 10.8. The first kappa shape index (κ1) is 13.8. The van der Waals surface area contributed by atoms with Crippen LogP contribution in [0.4, 0.5) is 5.82 Å². The molecule has 0 atom stereocenters. The molecule has 3 aromatic rings. The predicted molar refractivity (Wildman–Crippen MR) is 85.0 cm³/mol. The Kier molecular flexibility index (Phi) is 3.47. The highest BCUT2D eigenvalue weighted by molar-refractivity contribution is 9.10. The van der Waals surface area contributed by atoms with Crippen molar-refractivity contribution in [3.05, 3.63) is 41.1 Å². The third-order valence-electron chi connectivity index (χ3n) is 3.27. The summed E-state index contributed by atoms with van der Waals surface area (Å²) in [7, 11) is 3.43. The Hall–Kier alpha value is -2.21. The van der Waals surface area contributed by atoms with Gasteiger partial charge in [0.15, 0.2) is 10.4 Å². The summed E-state index contributed by atoms with van der Waals surface area (Å²) in [5.41, 5.74) is 8.57. The second-order valence-corrected chi connectivity index (χ2v) is 5.32. The summed E-state index contributed by atoms with van der Waals surface area (Å²) in [4.78, 5) is 0. The lowest BCUT2D eigenvalue weighted by Crippen LogP contribution is -1.98. The number of aromatic nitrogens is 2. The van der Waals surface area contributed by atoms with Gasteiger partial charge in [-0.05, 0) is 34.1 Å². The molecule has 0 saturated heterocycles. The van der Waals surface area contributed by atoms with Crippen molar-refractivity contribution in [1.29, 1.82) is 0 Å². The Labute approximate surface area is 130 Å². The number of nitrogens with zero attached hydrogens (tertiary/aromatic N) is 2. The molecule has 0 spiro atoms. The molecule has 1 aromatic carbocycles. The number of rotatable bonds is 3. The maximum absolute atomic E-state index is 6.19. The molecule has 2 aromatic heterocycles. The molecule has 0 aliphatic carbocycles. The minimum Gasteiger partial charge on any atom is -0.496 e. The highest BCUT2D eigenvalue weighted by Crippen LogP contribution is 2.41. The van der Waals surface area contributed by atoms with Gasteiger partial charge in [0.2, 0.25) is 0 Å². The molecule has 0 amide bonds. The summed E-state index contributed by atoms with van der Waals surface area (Å²) in [6.07, 6.45) is 0. The predicted octanol–water partition coefficient (Wildman–Crippen LogP) is 3.70. The van der Waals surface area contributed by atoms with Gasteiger partial charge in [-0.25, -0.2) is 0 Å². The molecule has 0 unspecified atom stereocenters. The maximum atomic E-state index is 6.19. The van der Waals surface area contributed by atoms with Crippen molar-refractivity contribution in [2.75, 3.05) is 12.8 Å². The van der Waals surface area contributed by atoms with E-state index >= 15 is 0 Å². The highest BCUT2D eigenvalue weighted by atomic mass is 79.9. The molecular formula is C15H14BrN3O2. The first-order valence-electron chi connectivity index (χ1n) is 6.33. The zero-order chi connectivity index (χ0) is 15.0. The van der Waals surface area contributed by atoms with Crippen LogP contribution in [0.25, 0.3) is 22.6 Å². The molecular weight excluding hydrogens is 334 g/mol. The number of anilines is 1. The van der Waals surface area contributed by atoms with Gasteiger partial charge in [-0.3, -0.25) is 4.68 Å². The maximum Gasteiger partial charge on any atom is 0.169 e. The Morgan fingerprint density at radius 2 is 2.00 bits per heavy atom. The molecule has 0 bridgehead atoms. The largest absolute Gasteiger partial charge is 0.496 e. The second-order valence-electron chi connectivity index (χ2n) is 4.54. The Bertz CT molecular complexity index is 792. The summed E-state index contributed by atoms with van der Waals surface area (Å²) in [5.74, 6) is 1.95. The summed E-state index contributed by atoms with van der Waals surface area (Å²) >= 11 is 3.31. The van der Waals surface area contributed by atoms with Crippen LogP contribution in [-0.4, -0.2) is 16.9 Å². The number of ether oxygens (including phenoxy) is 1.